The number of carbonyl (C=O) groups excluding carboxylic acids is 1. The first-order valence-electron chi connectivity index (χ1n) is 10.4. The van der Waals surface area contributed by atoms with Gasteiger partial charge in [0.05, 0.1) is 30.4 Å². The van der Waals surface area contributed by atoms with Crippen LogP contribution in [0.15, 0.2) is 35.4 Å². The molecular weight excluding hydrogens is 426 g/mol. The van der Waals surface area contributed by atoms with E-state index < -0.39 is 11.2 Å². The molecule has 2 unspecified atom stereocenters. The van der Waals surface area contributed by atoms with Crippen molar-refractivity contribution in [1.82, 2.24) is 4.98 Å². The van der Waals surface area contributed by atoms with Crippen LogP contribution in [0.3, 0.4) is 0 Å². The SMILES string of the molecule is N#Cc1c(SC(C(N)=O)c2ccccc2)nc(N2CCOC(CO)C2)c(C#N)c1C1CC1. The molecule has 32 heavy (non-hydrogen) atoms. The van der Waals surface area contributed by atoms with Gasteiger partial charge in [-0.2, -0.15) is 10.5 Å². The highest BCUT2D eigenvalue weighted by atomic mass is 32.2. The molecule has 1 saturated heterocycles. The van der Waals surface area contributed by atoms with Crippen LogP contribution >= 0.6 is 11.8 Å². The quantitative estimate of drug-likeness (QED) is 0.614. The normalized spacial score (nSPS) is 19.1. The molecule has 164 valence electrons. The van der Waals surface area contributed by atoms with E-state index in [9.17, 15) is 20.4 Å². The summed E-state index contributed by atoms with van der Waals surface area (Å²) in [7, 11) is 0. The minimum Gasteiger partial charge on any atom is -0.394 e. The smallest absolute Gasteiger partial charge is 0.235 e. The number of rotatable bonds is 7. The fraction of sp³-hybridized carbons (Fsp3) is 0.391. The van der Waals surface area contributed by atoms with Crippen molar-refractivity contribution in [2.24, 2.45) is 5.73 Å². The van der Waals surface area contributed by atoms with E-state index in [0.717, 1.165) is 30.2 Å². The van der Waals surface area contributed by atoms with Crippen LogP contribution in [0.4, 0.5) is 5.82 Å². The van der Waals surface area contributed by atoms with Crippen LogP contribution in [0.5, 0.6) is 0 Å². The largest absolute Gasteiger partial charge is 0.394 e. The van der Waals surface area contributed by atoms with Crippen LogP contribution < -0.4 is 10.6 Å². The number of nitrogens with two attached hydrogens (primary N) is 1. The number of thioether (sulfide) groups is 1. The lowest BCUT2D eigenvalue weighted by atomic mass is 9.99. The molecule has 8 nitrogen and oxygen atoms in total. The number of primary amides is 1. The van der Waals surface area contributed by atoms with E-state index in [2.05, 4.69) is 12.1 Å². The molecule has 1 aromatic carbocycles. The number of amides is 1. The van der Waals surface area contributed by atoms with Crippen LogP contribution in [-0.2, 0) is 9.53 Å². The summed E-state index contributed by atoms with van der Waals surface area (Å²) >= 11 is 1.14. The predicted molar refractivity (Wildman–Crippen MR) is 119 cm³/mol. The number of nitriles is 2. The number of ether oxygens (including phenoxy) is 1. The summed E-state index contributed by atoms with van der Waals surface area (Å²) in [4.78, 5) is 19.0. The van der Waals surface area contributed by atoms with Crippen molar-refractivity contribution >= 4 is 23.5 Å². The molecule has 1 aliphatic heterocycles. The molecule has 1 saturated carbocycles. The van der Waals surface area contributed by atoms with Crippen molar-refractivity contribution in [2.45, 2.75) is 35.1 Å². The van der Waals surface area contributed by atoms with Gasteiger partial charge in [-0.25, -0.2) is 4.98 Å². The number of anilines is 1. The summed E-state index contributed by atoms with van der Waals surface area (Å²) < 4.78 is 5.55. The molecule has 2 aliphatic rings. The molecule has 0 bridgehead atoms. The molecule has 2 aromatic rings. The second-order valence-electron chi connectivity index (χ2n) is 7.83. The highest BCUT2D eigenvalue weighted by molar-refractivity contribution is 8.00. The summed E-state index contributed by atoms with van der Waals surface area (Å²) in [6.45, 7) is 1.16. The van der Waals surface area contributed by atoms with Gasteiger partial charge in [0.15, 0.2) is 0 Å². The fourth-order valence-electron chi connectivity index (χ4n) is 3.93. The highest BCUT2D eigenvalue weighted by Gasteiger charge is 2.36. The molecule has 2 fully saturated rings. The highest BCUT2D eigenvalue weighted by Crippen LogP contribution is 2.48. The topological polar surface area (TPSA) is 136 Å². The molecular formula is C23H23N5O3S. The van der Waals surface area contributed by atoms with Crippen molar-refractivity contribution in [3.8, 4) is 12.1 Å². The van der Waals surface area contributed by atoms with Gasteiger partial charge in [0.1, 0.15) is 28.2 Å². The molecule has 2 atom stereocenters. The lowest BCUT2D eigenvalue weighted by Crippen LogP contribution is -2.45. The van der Waals surface area contributed by atoms with Crippen LogP contribution in [0, 0.1) is 22.7 Å². The van der Waals surface area contributed by atoms with E-state index in [1.807, 2.05) is 35.2 Å². The van der Waals surface area contributed by atoms with Gasteiger partial charge in [-0.05, 0) is 29.9 Å². The zero-order chi connectivity index (χ0) is 22.7. The summed E-state index contributed by atoms with van der Waals surface area (Å²) in [5.41, 5.74) is 7.87. The Bertz CT molecular complexity index is 1090. The number of morpholine rings is 1. The van der Waals surface area contributed by atoms with Crippen LogP contribution in [0.1, 0.15) is 46.3 Å². The Morgan fingerprint density at radius 2 is 2.00 bits per heavy atom. The Morgan fingerprint density at radius 1 is 1.28 bits per heavy atom. The molecule has 0 radical (unpaired) electrons. The molecule has 3 N–H and O–H groups in total. The second kappa shape index (κ2) is 9.58. The maximum Gasteiger partial charge on any atom is 0.235 e. The molecule has 9 heteroatoms. The van der Waals surface area contributed by atoms with Crippen molar-refractivity contribution in [1.29, 1.82) is 10.5 Å². The first-order valence-corrected chi connectivity index (χ1v) is 11.3. The predicted octanol–water partition coefficient (Wildman–Crippen LogP) is 2.22. The number of carbonyl (C=O) groups is 1. The number of hydrogen-bond acceptors (Lipinski definition) is 8. The third-order valence-corrected chi connectivity index (χ3v) is 6.88. The Morgan fingerprint density at radius 3 is 2.59 bits per heavy atom. The zero-order valence-corrected chi connectivity index (χ0v) is 18.2. The summed E-state index contributed by atoms with van der Waals surface area (Å²) in [5.74, 6) is 0.0604. The van der Waals surface area contributed by atoms with E-state index in [1.54, 1.807) is 0 Å². The lowest BCUT2D eigenvalue weighted by molar-refractivity contribution is -0.117. The van der Waals surface area contributed by atoms with Gasteiger partial charge in [-0.1, -0.05) is 42.1 Å². The molecule has 0 spiro atoms. The van der Waals surface area contributed by atoms with Gasteiger partial charge in [0.2, 0.25) is 5.91 Å². The Hall–Kier alpha value is -3.11. The molecule has 1 aliphatic carbocycles. The number of aliphatic hydroxyl groups is 1. The molecule has 1 amide bonds. The van der Waals surface area contributed by atoms with Crippen molar-refractivity contribution in [3.05, 3.63) is 52.6 Å². The maximum absolute atomic E-state index is 12.3. The van der Waals surface area contributed by atoms with Crippen molar-refractivity contribution in [2.75, 3.05) is 31.2 Å². The summed E-state index contributed by atoms with van der Waals surface area (Å²) in [6, 6.07) is 13.6. The number of hydrogen-bond donors (Lipinski definition) is 2. The van der Waals surface area contributed by atoms with Gasteiger partial charge in [0.25, 0.3) is 0 Å². The average Bonchev–Trinajstić information content (AvgIpc) is 3.67. The van der Waals surface area contributed by atoms with Gasteiger partial charge >= 0.3 is 0 Å². The third kappa shape index (κ3) is 4.42. The average molecular weight is 450 g/mol. The zero-order valence-electron chi connectivity index (χ0n) is 17.4. The molecule has 2 heterocycles. The number of pyridine rings is 1. The minimum absolute atomic E-state index is 0.124. The number of aromatic nitrogens is 1. The van der Waals surface area contributed by atoms with Crippen molar-refractivity contribution < 1.29 is 14.6 Å². The van der Waals surface area contributed by atoms with Gasteiger partial charge in [-0.15, -0.1) is 0 Å². The van der Waals surface area contributed by atoms with E-state index in [0.29, 0.717) is 47.2 Å². The Labute approximate surface area is 190 Å². The number of aliphatic hydroxyl groups excluding tert-OH is 1. The molecule has 1 aromatic heterocycles. The number of nitrogens with zero attached hydrogens (tertiary/aromatic N) is 4. The summed E-state index contributed by atoms with van der Waals surface area (Å²) in [6.07, 6.45) is 1.42. The van der Waals surface area contributed by atoms with Crippen LogP contribution in [-0.4, -0.2) is 48.4 Å². The molecule has 4 rings (SSSR count). The van der Waals surface area contributed by atoms with Gasteiger partial charge in [0, 0.05) is 13.1 Å². The van der Waals surface area contributed by atoms with Crippen LogP contribution in [0.25, 0.3) is 0 Å². The van der Waals surface area contributed by atoms with E-state index in [4.69, 9.17) is 15.5 Å². The second-order valence-corrected chi connectivity index (χ2v) is 8.93. The lowest BCUT2D eigenvalue weighted by Gasteiger charge is -2.34. The maximum atomic E-state index is 12.3. The van der Waals surface area contributed by atoms with Crippen molar-refractivity contribution in [3.63, 3.8) is 0 Å². The Balaban J connectivity index is 1.83. The van der Waals surface area contributed by atoms with Gasteiger partial charge in [-0.3, -0.25) is 4.79 Å². The van der Waals surface area contributed by atoms with E-state index in [-0.39, 0.29) is 18.6 Å². The minimum atomic E-state index is -0.724. The van der Waals surface area contributed by atoms with Gasteiger partial charge < -0.3 is 20.5 Å². The standard InChI is InChI=1S/C23H23N5O3S/c24-10-17-19(14-6-7-14)18(11-25)23(27-22(17)28-8-9-31-16(12-28)13-29)32-20(21(26)30)15-4-2-1-3-5-15/h1-5,14,16,20,29H,6-9,12-13H2,(H2,26,30). The van der Waals surface area contributed by atoms with E-state index >= 15 is 0 Å². The first kappa shape index (κ1) is 22.1. The number of benzene rings is 1. The Kier molecular flexibility index (Phi) is 6.61. The first-order chi connectivity index (χ1) is 15.6. The monoisotopic (exact) mass is 449 g/mol. The van der Waals surface area contributed by atoms with E-state index in [1.165, 1.54) is 0 Å². The summed E-state index contributed by atoms with van der Waals surface area (Å²) in [5, 5.41) is 29.2. The fourth-order valence-corrected chi connectivity index (χ4v) is 4.98. The van der Waals surface area contributed by atoms with Crippen LogP contribution in [0.2, 0.25) is 0 Å². The third-order valence-electron chi connectivity index (χ3n) is 5.62.